The summed E-state index contributed by atoms with van der Waals surface area (Å²) in [5.41, 5.74) is 0.577. The summed E-state index contributed by atoms with van der Waals surface area (Å²) < 4.78 is 17.2. The van der Waals surface area contributed by atoms with E-state index in [1.54, 1.807) is 52.0 Å². The van der Waals surface area contributed by atoms with E-state index in [1.165, 1.54) is 54.5 Å². The number of nitrogens with zero attached hydrogens (tertiary/aromatic N) is 4. The van der Waals surface area contributed by atoms with Crippen LogP contribution >= 0.6 is 0 Å². The molecule has 5 N–H and O–H groups in total. The lowest BCUT2D eigenvalue weighted by molar-refractivity contribution is -0.163. The molecule has 4 fully saturated rings. The molecule has 5 rings (SSSR count). The lowest BCUT2D eigenvalue weighted by atomic mass is 9.91. The highest BCUT2D eigenvalue weighted by Gasteiger charge is 2.47. The van der Waals surface area contributed by atoms with Gasteiger partial charge in [-0.05, 0) is 101 Å². The highest BCUT2D eigenvalue weighted by molar-refractivity contribution is 6.05. The summed E-state index contributed by atoms with van der Waals surface area (Å²) >= 11 is 0. The monoisotopic (exact) mass is 1080 g/mol. The van der Waals surface area contributed by atoms with Gasteiger partial charge in [0.2, 0.25) is 35.4 Å². The van der Waals surface area contributed by atoms with Crippen LogP contribution in [-0.4, -0.2) is 189 Å². The molecule has 7 amide bonds. The lowest BCUT2D eigenvalue weighted by Crippen LogP contribution is -2.61. The maximum Gasteiger partial charge on any atom is 0.329 e. The van der Waals surface area contributed by atoms with E-state index < -0.39 is 150 Å². The molecule has 4 heterocycles. The molecule has 0 spiro atoms. The van der Waals surface area contributed by atoms with Crippen molar-refractivity contribution in [2.75, 3.05) is 33.8 Å². The Bertz CT molecular complexity index is 2310. The number of hydrogen-bond acceptors (Lipinski definition) is 15. The van der Waals surface area contributed by atoms with Gasteiger partial charge in [0.05, 0.1) is 31.6 Å². The minimum Gasteiger partial charge on any atom is -0.497 e. The first kappa shape index (κ1) is 61.7. The number of esters is 2. The van der Waals surface area contributed by atoms with Gasteiger partial charge in [0.1, 0.15) is 54.2 Å². The van der Waals surface area contributed by atoms with Crippen LogP contribution in [0.2, 0.25) is 0 Å². The fourth-order valence-corrected chi connectivity index (χ4v) is 10.7. The Balaban J connectivity index is 1.59. The van der Waals surface area contributed by atoms with E-state index in [1.807, 2.05) is 13.8 Å². The number of aliphatic hydroxyl groups is 2. The average molecular weight is 1080 g/mol. The molecule has 0 unspecified atom stereocenters. The zero-order valence-corrected chi connectivity index (χ0v) is 46.7. The number of methoxy groups -OCH3 is 1. The zero-order chi connectivity index (χ0) is 57.2. The largest absolute Gasteiger partial charge is 0.497 e. The molecule has 428 valence electrons. The smallest absolute Gasteiger partial charge is 0.329 e. The van der Waals surface area contributed by atoms with Crippen molar-refractivity contribution < 1.29 is 72.4 Å². The zero-order valence-electron chi connectivity index (χ0n) is 46.7. The third kappa shape index (κ3) is 15.1. The average Bonchev–Trinajstić information content (AvgIpc) is 4.21. The van der Waals surface area contributed by atoms with Crippen LogP contribution in [0.5, 0.6) is 5.75 Å². The Morgan fingerprint density at radius 2 is 1.44 bits per heavy atom. The molecule has 4 aliphatic heterocycles. The van der Waals surface area contributed by atoms with Gasteiger partial charge in [0, 0.05) is 33.1 Å². The molecule has 1 aromatic carbocycles. The molecule has 4 aliphatic rings. The first-order valence-electron chi connectivity index (χ1n) is 27.3. The molecule has 13 atom stereocenters. The molecule has 0 radical (unpaired) electrons. The molecule has 4 saturated heterocycles. The molecule has 77 heavy (non-hydrogen) atoms. The van der Waals surface area contributed by atoms with E-state index in [0.29, 0.717) is 43.4 Å². The number of amides is 7. The molecule has 0 aliphatic carbocycles. The topological polar surface area (TPSA) is 288 Å². The Hall–Kier alpha value is -6.16. The first-order chi connectivity index (χ1) is 36.3. The van der Waals surface area contributed by atoms with Crippen molar-refractivity contribution in [2.45, 2.75) is 193 Å². The molecule has 22 nitrogen and oxygen atoms in total. The highest BCUT2D eigenvalue weighted by atomic mass is 16.6. The van der Waals surface area contributed by atoms with Crippen molar-refractivity contribution >= 4 is 59.1 Å². The van der Waals surface area contributed by atoms with Crippen molar-refractivity contribution in [1.29, 1.82) is 0 Å². The number of aliphatic hydroxyl groups excluding tert-OH is 2. The number of ketones is 1. The SMILES string of the molecule is CC[C@H](C)[C@H]1NC(=O)[C@@H](NC(=O)[C@H]2CCCN2C(=O)[C@H]2CCCN2C(=O)[C@H](C)O)[C@@H](C)OC(=O)[C@H](Cc2ccc(OC)cc2)N(C)C(=O)[C@@H]2CCCN2C(=O)[C@H](CC(C)C)NC(=O)[C@@H](C)C(=O)[C@H](C(C)C)OC(=O)C[C@@H]1O. The van der Waals surface area contributed by atoms with Gasteiger partial charge in [-0.2, -0.15) is 0 Å². The Morgan fingerprint density at radius 3 is 2.04 bits per heavy atom. The van der Waals surface area contributed by atoms with Crippen molar-refractivity contribution in [3.63, 3.8) is 0 Å². The van der Waals surface area contributed by atoms with E-state index in [0.717, 1.165) is 0 Å². The number of hydrogen-bond donors (Lipinski definition) is 5. The van der Waals surface area contributed by atoms with Gasteiger partial charge >= 0.3 is 11.9 Å². The second-order valence-corrected chi connectivity index (χ2v) is 22.1. The predicted molar refractivity (Wildman–Crippen MR) is 279 cm³/mol. The number of rotatable bonds is 12. The van der Waals surface area contributed by atoms with E-state index in [9.17, 15) is 58.2 Å². The predicted octanol–water partition coefficient (Wildman–Crippen LogP) is 1.43. The summed E-state index contributed by atoms with van der Waals surface area (Å²) in [5, 5.41) is 30.1. The molecule has 0 bridgehead atoms. The molecular weight excluding hydrogens is 999 g/mol. The third-order valence-corrected chi connectivity index (χ3v) is 15.5. The van der Waals surface area contributed by atoms with E-state index in [2.05, 4.69) is 16.0 Å². The fraction of sp³-hybridized carbons (Fsp3) is 0.709. The summed E-state index contributed by atoms with van der Waals surface area (Å²) in [6, 6.07) is -1.92. The van der Waals surface area contributed by atoms with Crippen molar-refractivity contribution in [2.24, 2.45) is 23.7 Å². The van der Waals surface area contributed by atoms with Crippen LogP contribution in [0.3, 0.4) is 0 Å². The van der Waals surface area contributed by atoms with Crippen LogP contribution in [0.15, 0.2) is 24.3 Å². The highest BCUT2D eigenvalue weighted by Crippen LogP contribution is 2.28. The first-order valence-corrected chi connectivity index (χ1v) is 27.3. The van der Waals surface area contributed by atoms with E-state index in [-0.39, 0.29) is 51.2 Å². The van der Waals surface area contributed by atoms with Crippen molar-refractivity contribution in [3.8, 4) is 5.75 Å². The number of nitrogens with one attached hydrogen (secondary N) is 3. The Morgan fingerprint density at radius 1 is 0.818 bits per heavy atom. The quantitative estimate of drug-likeness (QED) is 0.146. The van der Waals surface area contributed by atoms with Crippen LogP contribution in [0.25, 0.3) is 0 Å². The number of likely N-dealkylation sites (tertiary alicyclic amines) is 2. The number of ether oxygens (including phenoxy) is 3. The van der Waals surface area contributed by atoms with Gasteiger partial charge in [0.25, 0.3) is 5.91 Å². The lowest BCUT2D eigenvalue weighted by Gasteiger charge is -2.36. The van der Waals surface area contributed by atoms with Gasteiger partial charge in [-0.15, -0.1) is 0 Å². The van der Waals surface area contributed by atoms with Crippen LogP contribution in [0, 0.1) is 23.7 Å². The summed E-state index contributed by atoms with van der Waals surface area (Å²) in [6.07, 6.45) is -4.33. The number of likely N-dealkylation sites (N-methyl/N-ethyl adjacent to an activating group) is 1. The van der Waals surface area contributed by atoms with E-state index >= 15 is 0 Å². The van der Waals surface area contributed by atoms with Crippen LogP contribution in [-0.2, 0) is 63.8 Å². The molecule has 0 saturated carbocycles. The number of cyclic esters (lactones) is 2. The van der Waals surface area contributed by atoms with Crippen LogP contribution < -0.4 is 20.7 Å². The van der Waals surface area contributed by atoms with Gasteiger partial charge in [-0.25, -0.2) is 4.79 Å². The second-order valence-electron chi connectivity index (χ2n) is 22.1. The van der Waals surface area contributed by atoms with E-state index in [4.69, 9.17) is 14.2 Å². The summed E-state index contributed by atoms with van der Waals surface area (Å²) in [7, 11) is 2.89. The van der Waals surface area contributed by atoms with Crippen molar-refractivity contribution in [1.82, 2.24) is 35.6 Å². The molecule has 22 heteroatoms. The van der Waals surface area contributed by atoms with Crippen LogP contribution in [0.1, 0.15) is 126 Å². The normalized spacial score (nSPS) is 29.6. The van der Waals surface area contributed by atoms with Gasteiger partial charge in [0.15, 0.2) is 11.9 Å². The molecule has 0 aromatic heterocycles. The summed E-state index contributed by atoms with van der Waals surface area (Å²) in [4.78, 5) is 148. The third-order valence-electron chi connectivity index (χ3n) is 15.5. The van der Waals surface area contributed by atoms with Gasteiger partial charge in [-0.1, -0.05) is 60.1 Å². The summed E-state index contributed by atoms with van der Waals surface area (Å²) in [5.74, 6) is -9.83. The Kier molecular flexibility index (Phi) is 22.0. The Labute approximate surface area is 452 Å². The number of fused-ring (bicyclic) bond motifs is 1. The number of Topliss-reactive ketones (excluding diaryl/α,β-unsaturated/α-hetero) is 1. The minimum absolute atomic E-state index is 0.121. The fourth-order valence-electron chi connectivity index (χ4n) is 10.7. The van der Waals surface area contributed by atoms with Gasteiger partial charge < -0.3 is 60.0 Å². The molecular formula is C55H83N7O15. The number of carbonyl (C=O) groups excluding carboxylic acids is 10. The second kappa shape index (κ2) is 27.4. The van der Waals surface area contributed by atoms with Crippen LogP contribution in [0.4, 0.5) is 0 Å². The molecule has 1 aromatic rings. The maximum absolute atomic E-state index is 14.9. The number of carbonyl (C=O) groups is 10. The minimum atomic E-state index is -1.73. The van der Waals surface area contributed by atoms with Gasteiger partial charge in [-0.3, -0.25) is 43.2 Å². The standard InChI is InChI=1S/C55H83N7O15/c1-12-31(6)44-42(64)28-43(65)77-47(30(4)5)46(66)32(7)48(67)56-37(26-29(2)3)52(71)62-25-14-17-39(62)53(72)59(10)41(27-35-19-21-36(75-11)22-20-35)55(74)76-34(9)45(50(69)57-44)58-49(68)38-16-13-23-60(38)54(73)40-18-15-24-61(40)51(70)33(8)63/h19-22,29-34,37-42,44-45,47,63-64H,12-18,23-28H2,1-11H3,(H,56,67)(H,57,69)(H,58,68)/t31-,32-,33-,34+,37-,38+,39-,40+,41-,42-,44+,45-,47-/m0/s1. The maximum atomic E-state index is 14.9. The number of benzene rings is 1. The van der Waals surface area contributed by atoms with Crippen molar-refractivity contribution in [3.05, 3.63) is 29.8 Å². The summed E-state index contributed by atoms with van der Waals surface area (Å²) in [6.45, 7) is 15.0.